The average molecular weight is 323 g/mol. The van der Waals surface area contributed by atoms with Crippen LogP contribution in [-0.4, -0.2) is 57.8 Å². The molecule has 0 bridgehead atoms. The number of likely N-dealkylation sites (tertiary alicyclic amines) is 1. The number of halogens is 1. The molecule has 1 aliphatic rings. The molecule has 1 aliphatic heterocycles. The van der Waals surface area contributed by atoms with Gasteiger partial charge in [-0.05, 0) is 49.0 Å². The van der Waals surface area contributed by atoms with Crippen molar-refractivity contribution in [2.45, 2.75) is 25.3 Å². The second-order valence-electron chi connectivity index (χ2n) is 5.52. The van der Waals surface area contributed by atoms with Crippen molar-refractivity contribution in [3.63, 3.8) is 0 Å². The van der Waals surface area contributed by atoms with E-state index in [2.05, 4.69) is 25.7 Å². The summed E-state index contributed by atoms with van der Waals surface area (Å²) in [5, 5.41) is 15.5. The van der Waals surface area contributed by atoms with E-state index in [-0.39, 0.29) is 12.4 Å². The number of hydrogen-bond acceptors (Lipinski definition) is 5. The number of tetrazole rings is 1. The van der Waals surface area contributed by atoms with Crippen LogP contribution in [0.25, 0.3) is 5.69 Å². The topological polar surface area (TPSA) is 58.9 Å². The van der Waals surface area contributed by atoms with Crippen molar-refractivity contribution in [1.29, 1.82) is 0 Å². The van der Waals surface area contributed by atoms with Gasteiger partial charge in [-0.25, -0.2) is 0 Å². The lowest BCUT2D eigenvalue weighted by molar-refractivity contribution is 0.196. The summed E-state index contributed by atoms with van der Waals surface area (Å²) in [5.41, 5.74) is 1.02. The Morgan fingerprint density at radius 2 is 2.09 bits per heavy atom. The summed E-state index contributed by atoms with van der Waals surface area (Å²) < 4.78 is 1.83. The highest BCUT2D eigenvalue weighted by atomic mass is 35.5. The Hall–Kier alpha value is -1.50. The van der Waals surface area contributed by atoms with E-state index in [9.17, 15) is 0 Å². The third-order valence-electron chi connectivity index (χ3n) is 4.10. The summed E-state index contributed by atoms with van der Waals surface area (Å²) in [6, 6.07) is 10.7. The maximum absolute atomic E-state index is 4.18. The summed E-state index contributed by atoms with van der Waals surface area (Å²) in [6.45, 7) is 3.29. The van der Waals surface area contributed by atoms with Gasteiger partial charge in [-0.15, -0.1) is 17.5 Å². The molecule has 1 N–H and O–H groups in total. The molecule has 1 saturated heterocycles. The molecular weight excluding hydrogens is 300 g/mol. The largest absolute Gasteiger partial charge is 0.316 e. The van der Waals surface area contributed by atoms with E-state index < -0.39 is 0 Å². The van der Waals surface area contributed by atoms with Crippen LogP contribution in [0.4, 0.5) is 0 Å². The van der Waals surface area contributed by atoms with Crippen molar-refractivity contribution in [3.05, 3.63) is 36.2 Å². The number of para-hydroxylation sites is 1. The number of hydrogen-bond donors (Lipinski definition) is 1. The summed E-state index contributed by atoms with van der Waals surface area (Å²) in [7, 11) is 2.05. The highest BCUT2D eigenvalue weighted by Crippen LogP contribution is 2.12. The first kappa shape index (κ1) is 16.9. The molecule has 0 aliphatic carbocycles. The molecule has 22 heavy (non-hydrogen) atoms. The van der Waals surface area contributed by atoms with Crippen molar-refractivity contribution < 1.29 is 0 Å². The Bertz CT molecular complexity index is 558. The molecule has 0 radical (unpaired) electrons. The summed E-state index contributed by atoms with van der Waals surface area (Å²) >= 11 is 0. The van der Waals surface area contributed by atoms with Crippen molar-refractivity contribution in [1.82, 2.24) is 30.4 Å². The number of piperidine rings is 1. The maximum atomic E-state index is 4.18. The molecule has 0 saturated carbocycles. The highest BCUT2D eigenvalue weighted by Gasteiger charge is 2.19. The second kappa shape index (κ2) is 8.22. The zero-order chi connectivity index (χ0) is 14.5. The number of benzene rings is 1. The predicted octanol–water partition coefficient (Wildman–Crippen LogP) is 1.31. The zero-order valence-corrected chi connectivity index (χ0v) is 13.7. The molecule has 0 spiro atoms. The molecule has 1 unspecified atom stereocenters. The van der Waals surface area contributed by atoms with E-state index in [0.717, 1.165) is 31.0 Å². The van der Waals surface area contributed by atoms with Crippen molar-refractivity contribution >= 4 is 12.4 Å². The van der Waals surface area contributed by atoms with Crippen LogP contribution < -0.4 is 5.32 Å². The average Bonchev–Trinajstić information content (AvgIpc) is 3.02. The monoisotopic (exact) mass is 322 g/mol. The van der Waals surface area contributed by atoms with Gasteiger partial charge in [-0.1, -0.05) is 18.2 Å². The van der Waals surface area contributed by atoms with Crippen molar-refractivity contribution in [2.24, 2.45) is 0 Å². The molecule has 1 fully saturated rings. The van der Waals surface area contributed by atoms with Crippen LogP contribution in [0.1, 0.15) is 18.7 Å². The number of nitrogens with one attached hydrogen (secondary N) is 1. The Morgan fingerprint density at radius 1 is 1.27 bits per heavy atom. The first-order chi connectivity index (χ1) is 10.4. The number of likely N-dealkylation sites (N-methyl/N-ethyl adjacent to an activating group) is 1. The highest BCUT2D eigenvalue weighted by molar-refractivity contribution is 5.85. The fourth-order valence-corrected chi connectivity index (χ4v) is 2.88. The summed E-state index contributed by atoms with van der Waals surface area (Å²) in [4.78, 5) is 2.49. The molecule has 1 aromatic heterocycles. The zero-order valence-electron chi connectivity index (χ0n) is 12.9. The van der Waals surface area contributed by atoms with Gasteiger partial charge in [0, 0.05) is 25.6 Å². The molecule has 2 heterocycles. The van der Waals surface area contributed by atoms with Gasteiger partial charge < -0.3 is 10.2 Å². The SMILES string of the molecule is CNC1CCCN(CCc2nnnn2-c2ccccc2)C1.Cl. The molecule has 1 atom stereocenters. The van der Waals surface area contributed by atoms with Crippen LogP contribution in [-0.2, 0) is 6.42 Å². The van der Waals surface area contributed by atoms with Gasteiger partial charge in [0.2, 0.25) is 0 Å². The summed E-state index contributed by atoms with van der Waals surface area (Å²) in [5.74, 6) is 0.924. The number of nitrogens with zero attached hydrogens (tertiary/aromatic N) is 5. The van der Waals surface area contributed by atoms with E-state index in [1.165, 1.54) is 19.4 Å². The van der Waals surface area contributed by atoms with Gasteiger partial charge in [0.15, 0.2) is 5.82 Å². The van der Waals surface area contributed by atoms with Gasteiger partial charge in [0.05, 0.1) is 5.69 Å². The molecule has 6 nitrogen and oxygen atoms in total. The third kappa shape index (κ3) is 4.03. The summed E-state index contributed by atoms with van der Waals surface area (Å²) in [6.07, 6.45) is 3.40. The fourth-order valence-electron chi connectivity index (χ4n) is 2.88. The Morgan fingerprint density at radius 3 is 2.86 bits per heavy atom. The smallest absolute Gasteiger partial charge is 0.157 e. The van der Waals surface area contributed by atoms with E-state index in [1.54, 1.807) is 0 Å². The van der Waals surface area contributed by atoms with Gasteiger partial charge >= 0.3 is 0 Å². The molecule has 1 aromatic carbocycles. The Kier molecular flexibility index (Phi) is 6.30. The molecule has 3 rings (SSSR count). The van der Waals surface area contributed by atoms with Crippen molar-refractivity contribution in [2.75, 3.05) is 26.7 Å². The number of aromatic nitrogens is 4. The van der Waals surface area contributed by atoms with E-state index in [4.69, 9.17) is 0 Å². The normalized spacial score (nSPS) is 18.9. The van der Waals surface area contributed by atoms with Crippen LogP contribution in [0.3, 0.4) is 0 Å². The standard InChI is InChI=1S/C15H22N6.ClH/c1-16-13-6-5-10-20(12-13)11-9-15-17-18-19-21(15)14-7-3-2-4-8-14;/h2-4,7-8,13,16H,5-6,9-12H2,1H3;1H. The number of rotatable bonds is 5. The Balaban J connectivity index is 0.00000176. The third-order valence-corrected chi connectivity index (χ3v) is 4.10. The quantitative estimate of drug-likeness (QED) is 0.899. The van der Waals surface area contributed by atoms with E-state index >= 15 is 0 Å². The lowest BCUT2D eigenvalue weighted by atomic mass is 10.1. The van der Waals surface area contributed by atoms with E-state index in [1.807, 2.05) is 42.1 Å². The minimum atomic E-state index is 0. The first-order valence-electron chi connectivity index (χ1n) is 7.59. The molecule has 2 aromatic rings. The second-order valence-corrected chi connectivity index (χ2v) is 5.52. The van der Waals surface area contributed by atoms with Crippen LogP contribution >= 0.6 is 12.4 Å². The van der Waals surface area contributed by atoms with Crippen molar-refractivity contribution in [3.8, 4) is 5.69 Å². The molecule has 0 amide bonds. The minimum Gasteiger partial charge on any atom is -0.316 e. The van der Waals surface area contributed by atoms with Crippen LogP contribution in [0.2, 0.25) is 0 Å². The first-order valence-corrected chi connectivity index (χ1v) is 7.59. The molecular formula is C15H23ClN6. The van der Waals surface area contributed by atoms with Crippen LogP contribution in [0.15, 0.2) is 30.3 Å². The van der Waals surface area contributed by atoms with Gasteiger partial charge in [-0.2, -0.15) is 4.68 Å². The lowest BCUT2D eigenvalue weighted by Crippen LogP contribution is -2.45. The molecule has 120 valence electrons. The van der Waals surface area contributed by atoms with Crippen LogP contribution in [0.5, 0.6) is 0 Å². The predicted molar refractivity (Wildman–Crippen MR) is 88.6 cm³/mol. The minimum absolute atomic E-state index is 0. The maximum Gasteiger partial charge on any atom is 0.157 e. The van der Waals surface area contributed by atoms with Crippen LogP contribution in [0, 0.1) is 0 Å². The van der Waals surface area contributed by atoms with E-state index in [0.29, 0.717) is 6.04 Å². The molecule has 7 heteroatoms. The Labute approximate surface area is 137 Å². The lowest BCUT2D eigenvalue weighted by Gasteiger charge is -2.32. The fraction of sp³-hybridized carbons (Fsp3) is 0.533. The van der Waals surface area contributed by atoms with Gasteiger partial charge in [-0.3, -0.25) is 0 Å². The van der Waals surface area contributed by atoms with Gasteiger partial charge in [0.1, 0.15) is 0 Å². The van der Waals surface area contributed by atoms with Gasteiger partial charge in [0.25, 0.3) is 0 Å².